The van der Waals surface area contributed by atoms with Gasteiger partial charge in [-0.15, -0.1) is 0 Å². The highest BCUT2D eigenvalue weighted by Gasteiger charge is 2.17. The van der Waals surface area contributed by atoms with E-state index < -0.39 is 0 Å². The van der Waals surface area contributed by atoms with Gasteiger partial charge in [0, 0.05) is 24.3 Å². The second-order valence-electron chi connectivity index (χ2n) is 5.06. The molecule has 110 valence electrons. The summed E-state index contributed by atoms with van der Waals surface area (Å²) in [6.07, 6.45) is 2.04. The van der Waals surface area contributed by atoms with Crippen molar-refractivity contribution < 1.29 is 4.79 Å². The predicted molar refractivity (Wildman–Crippen MR) is 85.5 cm³/mol. The monoisotopic (exact) mass is 293 g/mol. The fraction of sp³-hybridized carbons (Fsp3) is 0.600. The summed E-state index contributed by atoms with van der Waals surface area (Å²) in [4.78, 5) is 16.7. The molecule has 2 rings (SSSR count). The van der Waals surface area contributed by atoms with Crippen molar-refractivity contribution in [2.24, 2.45) is 5.92 Å². The number of nitrogens with one attached hydrogen (secondary N) is 2. The Morgan fingerprint density at radius 3 is 2.95 bits per heavy atom. The third-order valence-electron chi connectivity index (χ3n) is 3.44. The molecule has 1 saturated heterocycles. The lowest BCUT2D eigenvalue weighted by molar-refractivity contribution is 0.0948. The van der Waals surface area contributed by atoms with Gasteiger partial charge in [-0.2, -0.15) is 11.8 Å². The van der Waals surface area contributed by atoms with Gasteiger partial charge >= 0.3 is 0 Å². The Balaban J connectivity index is 2.01. The van der Waals surface area contributed by atoms with Crippen LogP contribution in [0.1, 0.15) is 36.3 Å². The number of carbonyl (C=O) groups excluding carboxylic acids is 1. The summed E-state index contributed by atoms with van der Waals surface area (Å²) < 4.78 is 0. The van der Waals surface area contributed by atoms with Gasteiger partial charge in [-0.25, -0.2) is 4.98 Å². The van der Waals surface area contributed by atoms with Gasteiger partial charge in [-0.3, -0.25) is 4.79 Å². The number of carbonyl (C=O) groups is 1. The number of pyridine rings is 1. The molecule has 0 aliphatic carbocycles. The molecule has 2 N–H and O–H groups in total. The lowest BCUT2D eigenvalue weighted by Gasteiger charge is -2.12. The average Bonchev–Trinajstić information content (AvgIpc) is 2.98. The van der Waals surface area contributed by atoms with Gasteiger partial charge in [0.2, 0.25) is 0 Å². The smallest absolute Gasteiger partial charge is 0.251 e. The van der Waals surface area contributed by atoms with Crippen molar-refractivity contribution in [3.63, 3.8) is 0 Å². The summed E-state index contributed by atoms with van der Waals surface area (Å²) in [7, 11) is 0. The van der Waals surface area contributed by atoms with Crippen LogP contribution in [0.3, 0.4) is 0 Å². The molecule has 0 bridgehead atoms. The summed E-state index contributed by atoms with van der Waals surface area (Å²) in [5.74, 6) is 3.82. The minimum Gasteiger partial charge on any atom is -0.370 e. The Morgan fingerprint density at radius 1 is 1.45 bits per heavy atom. The number of anilines is 1. The van der Waals surface area contributed by atoms with Crippen LogP contribution in [-0.4, -0.2) is 35.5 Å². The van der Waals surface area contributed by atoms with Gasteiger partial charge in [0.1, 0.15) is 5.82 Å². The van der Waals surface area contributed by atoms with Crippen molar-refractivity contribution in [2.75, 3.05) is 29.9 Å². The van der Waals surface area contributed by atoms with Crippen molar-refractivity contribution in [1.29, 1.82) is 0 Å². The van der Waals surface area contributed by atoms with Gasteiger partial charge in [-0.1, -0.05) is 6.92 Å². The molecule has 2 heterocycles. The molecular formula is C15H23N3OS. The van der Waals surface area contributed by atoms with Crippen LogP contribution in [0.2, 0.25) is 0 Å². The highest BCUT2D eigenvalue weighted by atomic mass is 32.2. The van der Waals surface area contributed by atoms with Gasteiger partial charge in [0.05, 0.1) is 0 Å². The average molecular weight is 293 g/mol. The first-order chi connectivity index (χ1) is 9.72. The molecule has 1 aliphatic heterocycles. The standard InChI is InChI=1S/C15H23N3OS/c1-3-13-7-12(8-14(18-13)16-4-2)15(19)17-9-11-5-6-20-10-11/h7-8,11H,3-6,9-10H2,1-2H3,(H,16,18)(H,17,19). The van der Waals surface area contributed by atoms with Crippen LogP contribution >= 0.6 is 11.8 Å². The molecule has 0 aromatic carbocycles. The fourth-order valence-electron chi connectivity index (χ4n) is 2.26. The molecule has 1 fully saturated rings. The third-order valence-corrected chi connectivity index (χ3v) is 4.67. The van der Waals surface area contributed by atoms with Gasteiger partial charge in [0.25, 0.3) is 5.91 Å². The SMILES string of the molecule is CCNc1cc(C(=O)NCC2CCSC2)cc(CC)n1. The van der Waals surface area contributed by atoms with E-state index in [9.17, 15) is 4.79 Å². The second kappa shape index (κ2) is 7.53. The lowest BCUT2D eigenvalue weighted by Crippen LogP contribution is -2.29. The van der Waals surface area contributed by atoms with Crippen molar-refractivity contribution >= 4 is 23.5 Å². The minimum absolute atomic E-state index is 0.0122. The summed E-state index contributed by atoms with van der Waals surface area (Å²) in [5.41, 5.74) is 1.66. The molecule has 1 aromatic rings. The molecule has 4 nitrogen and oxygen atoms in total. The first-order valence-corrected chi connectivity index (χ1v) is 8.49. The van der Waals surface area contributed by atoms with E-state index in [1.165, 1.54) is 17.9 Å². The zero-order valence-electron chi connectivity index (χ0n) is 12.2. The maximum Gasteiger partial charge on any atom is 0.251 e. The molecule has 5 heteroatoms. The van der Waals surface area contributed by atoms with Crippen molar-refractivity contribution in [3.05, 3.63) is 23.4 Å². The van der Waals surface area contributed by atoms with Crippen molar-refractivity contribution in [3.8, 4) is 0 Å². The van der Waals surface area contributed by atoms with Crippen LogP contribution in [0.5, 0.6) is 0 Å². The number of rotatable bonds is 6. The number of aryl methyl sites for hydroxylation is 1. The van der Waals surface area contributed by atoms with Crippen LogP contribution in [0.25, 0.3) is 0 Å². The first kappa shape index (κ1) is 15.2. The molecular weight excluding hydrogens is 270 g/mol. The molecule has 0 saturated carbocycles. The molecule has 0 spiro atoms. The number of hydrogen-bond donors (Lipinski definition) is 2. The third kappa shape index (κ3) is 4.13. The van der Waals surface area contributed by atoms with Crippen LogP contribution in [-0.2, 0) is 6.42 Å². The largest absolute Gasteiger partial charge is 0.370 e. The van der Waals surface area contributed by atoms with Crippen molar-refractivity contribution in [1.82, 2.24) is 10.3 Å². The molecule has 1 aromatic heterocycles. The van der Waals surface area contributed by atoms with E-state index in [1.807, 2.05) is 30.8 Å². The highest BCUT2D eigenvalue weighted by Crippen LogP contribution is 2.22. The molecule has 1 atom stereocenters. The molecule has 0 radical (unpaired) electrons. The van der Waals surface area contributed by atoms with E-state index in [1.54, 1.807) is 0 Å². The lowest BCUT2D eigenvalue weighted by atomic mass is 10.1. The van der Waals surface area contributed by atoms with Crippen LogP contribution in [0, 0.1) is 5.92 Å². The van der Waals surface area contributed by atoms with E-state index in [4.69, 9.17) is 0 Å². The first-order valence-electron chi connectivity index (χ1n) is 7.33. The normalized spacial score (nSPS) is 18.0. The Bertz CT molecular complexity index is 458. The maximum atomic E-state index is 12.3. The molecule has 1 unspecified atom stereocenters. The Morgan fingerprint density at radius 2 is 2.30 bits per heavy atom. The Labute approximate surface area is 125 Å². The van der Waals surface area contributed by atoms with Crippen LogP contribution < -0.4 is 10.6 Å². The van der Waals surface area contributed by atoms with Gasteiger partial charge in [0.15, 0.2) is 0 Å². The van der Waals surface area contributed by atoms with E-state index in [0.717, 1.165) is 31.0 Å². The summed E-state index contributed by atoms with van der Waals surface area (Å²) in [6.45, 7) is 5.67. The summed E-state index contributed by atoms with van der Waals surface area (Å²) >= 11 is 1.97. The van der Waals surface area contributed by atoms with E-state index in [2.05, 4.69) is 22.5 Å². The maximum absolute atomic E-state index is 12.3. The number of hydrogen-bond acceptors (Lipinski definition) is 4. The number of aromatic nitrogens is 1. The highest BCUT2D eigenvalue weighted by molar-refractivity contribution is 7.99. The Kier molecular flexibility index (Phi) is 5.71. The number of thioether (sulfide) groups is 1. The van der Waals surface area contributed by atoms with Crippen LogP contribution in [0.4, 0.5) is 5.82 Å². The summed E-state index contributed by atoms with van der Waals surface area (Å²) in [5, 5.41) is 6.23. The van der Waals surface area contributed by atoms with E-state index in [0.29, 0.717) is 11.5 Å². The summed E-state index contributed by atoms with van der Waals surface area (Å²) in [6, 6.07) is 3.72. The molecule has 20 heavy (non-hydrogen) atoms. The zero-order chi connectivity index (χ0) is 14.4. The van der Waals surface area contributed by atoms with E-state index >= 15 is 0 Å². The topological polar surface area (TPSA) is 54.0 Å². The quantitative estimate of drug-likeness (QED) is 0.846. The molecule has 1 amide bonds. The van der Waals surface area contributed by atoms with Gasteiger partial charge < -0.3 is 10.6 Å². The van der Waals surface area contributed by atoms with E-state index in [-0.39, 0.29) is 5.91 Å². The molecule has 1 aliphatic rings. The number of amides is 1. The second-order valence-corrected chi connectivity index (χ2v) is 6.21. The van der Waals surface area contributed by atoms with Gasteiger partial charge in [-0.05, 0) is 49.3 Å². The van der Waals surface area contributed by atoms with Crippen LogP contribution in [0.15, 0.2) is 12.1 Å². The minimum atomic E-state index is 0.0122. The predicted octanol–water partition coefficient (Wildman–Crippen LogP) is 2.56. The number of nitrogens with zero attached hydrogens (tertiary/aromatic N) is 1. The van der Waals surface area contributed by atoms with Crippen molar-refractivity contribution in [2.45, 2.75) is 26.7 Å². The Hall–Kier alpha value is -1.23. The zero-order valence-corrected chi connectivity index (χ0v) is 13.1. The fourth-order valence-corrected chi connectivity index (χ4v) is 3.54.